The van der Waals surface area contributed by atoms with Crippen molar-refractivity contribution >= 4 is 11.9 Å². The Balaban J connectivity index is 2.77. The number of likely N-dealkylation sites (tertiary alicyclic amines) is 1. The van der Waals surface area contributed by atoms with Crippen LogP contribution in [0.2, 0.25) is 0 Å². The first-order valence-electron chi connectivity index (χ1n) is 5.62. The van der Waals surface area contributed by atoms with Crippen molar-refractivity contribution in [1.29, 1.82) is 5.26 Å². The second-order valence-electron chi connectivity index (χ2n) is 5.05. The predicted octanol–water partition coefficient (Wildman–Crippen LogP) is 0.804. The molecule has 0 radical (unpaired) electrons. The molecule has 0 aliphatic carbocycles. The number of nitriles is 1. The standard InChI is InChI=1S/C12H18N2O3/c1-8-5-14(6-9(8)10(15)17-4)11(16)12(2,3)7-13/h8-9H,5-6H2,1-4H3. The van der Waals surface area contributed by atoms with E-state index in [1.165, 1.54) is 7.11 Å². The highest BCUT2D eigenvalue weighted by Crippen LogP contribution is 2.28. The number of methoxy groups -OCH3 is 1. The van der Waals surface area contributed by atoms with E-state index in [1.54, 1.807) is 18.7 Å². The van der Waals surface area contributed by atoms with E-state index < -0.39 is 5.41 Å². The van der Waals surface area contributed by atoms with Crippen molar-refractivity contribution in [1.82, 2.24) is 4.90 Å². The van der Waals surface area contributed by atoms with Crippen LogP contribution in [0.1, 0.15) is 20.8 Å². The lowest BCUT2D eigenvalue weighted by molar-refractivity contribution is -0.146. The van der Waals surface area contributed by atoms with Crippen LogP contribution in [-0.2, 0) is 14.3 Å². The highest BCUT2D eigenvalue weighted by atomic mass is 16.5. The summed E-state index contributed by atoms with van der Waals surface area (Å²) in [5, 5.41) is 8.92. The zero-order valence-corrected chi connectivity index (χ0v) is 10.7. The molecule has 0 aromatic carbocycles. The normalized spacial score (nSPS) is 24.3. The summed E-state index contributed by atoms with van der Waals surface area (Å²) in [5.74, 6) is -0.722. The van der Waals surface area contributed by atoms with Gasteiger partial charge in [-0.05, 0) is 19.8 Å². The third kappa shape index (κ3) is 2.57. The molecule has 5 heteroatoms. The fourth-order valence-electron chi connectivity index (χ4n) is 2.03. The molecular weight excluding hydrogens is 220 g/mol. The Bertz CT molecular complexity index is 370. The van der Waals surface area contributed by atoms with E-state index in [0.717, 1.165) is 0 Å². The number of carbonyl (C=O) groups excluding carboxylic acids is 2. The Morgan fingerprint density at radius 3 is 2.47 bits per heavy atom. The van der Waals surface area contributed by atoms with Crippen molar-refractivity contribution in [2.24, 2.45) is 17.3 Å². The molecule has 2 atom stereocenters. The van der Waals surface area contributed by atoms with Crippen LogP contribution in [0.5, 0.6) is 0 Å². The van der Waals surface area contributed by atoms with Gasteiger partial charge in [0.05, 0.1) is 19.1 Å². The van der Waals surface area contributed by atoms with Crippen LogP contribution in [0.25, 0.3) is 0 Å². The summed E-state index contributed by atoms with van der Waals surface area (Å²) in [4.78, 5) is 25.1. The van der Waals surface area contributed by atoms with E-state index >= 15 is 0 Å². The molecule has 1 rings (SSSR count). The largest absolute Gasteiger partial charge is 0.469 e. The summed E-state index contributed by atoms with van der Waals surface area (Å²) < 4.78 is 4.70. The summed E-state index contributed by atoms with van der Waals surface area (Å²) in [6.07, 6.45) is 0. The molecule has 0 aromatic heterocycles. The molecule has 17 heavy (non-hydrogen) atoms. The first-order chi connectivity index (χ1) is 7.83. The Labute approximate surface area is 101 Å². The van der Waals surface area contributed by atoms with Gasteiger partial charge in [0.15, 0.2) is 0 Å². The Morgan fingerprint density at radius 1 is 1.41 bits per heavy atom. The van der Waals surface area contributed by atoms with Crippen LogP contribution in [0.15, 0.2) is 0 Å². The Kier molecular flexibility index (Phi) is 3.76. The smallest absolute Gasteiger partial charge is 0.310 e. The van der Waals surface area contributed by atoms with Gasteiger partial charge in [0.2, 0.25) is 5.91 Å². The summed E-state index contributed by atoms with van der Waals surface area (Å²) in [7, 11) is 1.35. The van der Waals surface area contributed by atoms with Gasteiger partial charge in [0, 0.05) is 13.1 Å². The number of rotatable bonds is 2. The molecule has 5 nitrogen and oxygen atoms in total. The maximum atomic E-state index is 12.1. The molecule has 1 aliphatic rings. The van der Waals surface area contributed by atoms with Crippen molar-refractivity contribution in [3.8, 4) is 6.07 Å². The van der Waals surface area contributed by atoms with Crippen molar-refractivity contribution < 1.29 is 14.3 Å². The average Bonchev–Trinajstić information content (AvgIpc) is 2.69. The summed E-state index contributed by atoms with van der Waals surface area (Å²) >= 11 is 0. The zero-order valence-electron chi connectivity index (χ0n) is 10.7. The Hall–Kier alpha value is -1.57. The van der Waals surface area contributed by atoms with E-state index in [0.29, 0.717) is 13.1 Å². The number of nitrogens with zero attached hydrogens (tertiary/aromatic N) is 2. The number of hydrogen-bond donors (Lipinski definition) is 0. The fourth-order valence-corrected chi connectivity index (χ4v) is 2.03. The van der Waals surface area contributed by atoms with E-state index in [-0.39, 0.29) is 23.7 Å². The quantitative estimate of drug-likeness (QED) is 0.667. The third-order valence-electron chi connectivity index (χ3n) is 3.22. The lowest BCUT2D eigenvalue weighted by Gasteiger charge is -2.23. The lowest BCUT2D eigenvalue weighted by Crippen LogP contribution is -2.39. The highest BCUT2D eigenvalue weighted by Gasteiger charge is 2.41. The maximum absolute atomic E-state index is 12.1. The maximum Gasteiger partial charge on any atom is 0.310 e. The molecule has 0 bridgehead atoms. The first-order valence-corrected chi connectivity index (χ1v) is 5.62. The second kappa shape index (κ2) is 4.74. The van der Waals surface area contributed by atoms with Crippen LogP contribution in [0, 0.1) is 28.6 Å². The Morgan fingerprint density at radius 2 is 2.00 bits per heavy atom. The third-order valence-corrected chi connectivity index (χ3v) is 3.22. The molecule has 1 fully saturated rings. The monoisotopic (exact) mass is 238 g/mol. The molecule has 0 saturated carbocycles. The minimum atomic E-state index is -1.04. The van der Waals surface area contributed by atoms with Crippen molar-refractivity contribution in [3.05, 3.63) is 0 Å². The van der Waals surface area contributed by atoms with Gasteiger partial charge < -0.3 is 9.64 Å². The molecule has 2 unspecified atom stereocenters. The highest BCUT2D eigenvalue weighted by molar-refractivity contribution is 5.86. The van der Waals surface area contributed by atoms with Gasteiger partial charge in [-0.25, -0.2) is 0 Å². The zero-order chi connectivity index (χ0) is 13.2. The van der Waals surface area contributed by atoms with Crippen molar-refractivity contribution in [2.75, 3.05) is 20.2 Å². The molecule has 1 saturated heterocycles. The first kappa shape index (κ1) is 13.5. The van der Waals surface area contributed by atoms with Gasteiger partial charge in [0.25, 0.3) is 0 Å². The summed E-state index contributed by atoms with van der Waals surface area (Å²) in [6.45, 7) is 5.94. The number of hydrogen-bond acceptors (Lipinski definition) is 4. The van der Waals surface area contributed by atoms with Crippen molar-refractivity contribution in [3.63, 3.8) is 0 Å². The van der Waals surface area contributed by atoms with E-state index in [4.69, 9.17) is 10.00 Å². The van der Waals surface area contributed by atoms with Gasteiger partial charge in [-0.1, -0.05) is 6.92 Å². The van der Waals surface area contributed by atoms with Crippen LogP contribution < -0.4 is 0 Å². The molecular formula is C12H18N2O3. The van der Waals surface area contributed by atoms with Gasteiger partial charge >= 0.3 is 5.97 Å². The van der Waals surface area contributed by atoms with Crippen LogP contribution in [-0.4, -0.2) is 37.0 Å². The van der Waals surface area contributed by atoms with Gasteiger partial charge in [0.1, 0.15) is 5.41 Å². The van der Waals surface area contributed by atoms with Gasteiger partial charge in [-0.3, -0.25) is 9.59 Å². The minimum absolute atomic E-state index is 0.0703. The van der Waals surface area contributed by atoms with E-state index in [9.17, 15) is 9.59 Å². The summed E-state index contributed by atoms with van der Waals surface area (Å²) in [6, 6.07) is 1.98. The molecule has 1 aliphatic heterocycles. The van der Waals surface area contributed by atoms with Crippen molar-refractivity contribution in [2.45, 2.75) is 20.8 Å². The number of esters is 1. The topological polar surface area (TPSA) is 70.4 Å². The lowest BCUT2D eigenvalue weighted by atomic mass is 9.94. The predicted molar refractivity (Wildman–Crippen MR) is 60.6 cm³/mol. The van der Waals surface area contributed by atoms with Gasteiger partial charge in [-0.2, -0.15) is 5.26 Å². The second-order valence-corrected chi connectivity index (χ2v) is 5.05. The molecule has 1 heterocycles. The molecule has 94 valence electrons. The van der Waals surface area contributed by atoms with Crippen LogP contribution in [0.4, 0.5) is 0 Å². The molecule has 0 aromatic rings. The molecule has 0 spiro atoms. The number of carbonyl (C=O) groups is 2. The molecule has 0 N–H and O–H groups in total. The SMILES string of the molecule is COC(=O)C1CN(C(=O)C(C)(C)C#N)CC1C. The van der Waals surface area contributed by atoms with E-state index in [2.05, 4.69) is 0 Å². The molecule has 1 amide bonds. The van der Waals surface area contributed by atoms with Crippen LogP contribution >= 0.6 is 0 Å². The number of ether oxygens (including phenoxy) is 1. The average molecular weight is 238 g/mol. The van der Waals surface area contributed by atoms with E-state index in [1.807, 2.05) is 13.0 Å². The summed E-state index contributed by atoms with van der Waals surface area (Å²) in [5.41, 5.74) is -1.04. The fraction of sp³-hybridized carbons (Fsp3) is 0.750. The van der Waals surface area contributed by atoms with Gasteiger partial charge in [-0.15, -0.1) is 0 Å². The van der Waals surface area contributed by atoms with Crippen LogP contribution in [0.3, 0.4) is 0 Å². The minimum Gasteiger partial charge on any atom is -0.469 e. The number of amides is 1.